The Morgan fingerprint density at radius 1 is 1.50 bits per heavy atom. The van der Waals surface area contributed by atoms with Gasteiger partial charge in [0.15, 0.2) is 0 Å². The van der Waals surface area contributed by atoms with Gasteiger partial charge < -0.3 is 5.32 Å². The Morgan fingerprint density at radius 3 is 2.61 bits per heavy atom. The van der Waals surface area contributed by atoms with Crippen LogP contribution in [0.3, 0.4) is 0 Å². The lowest BCUT2D eigenvalue weighted by molar-refractivity contribution is -0.138. The van der Waals surface area contributed by atoms with Crippen molar-refractivity contribution in [3.63, 3.8) is 0 Å². The normalized spacial score (nSPS) is 12.7. The van der Waals surface area contributed by atoms with Crippen LogP contribution in [-0.4, -0.2) is 11.9 Å². The van der Waals surface area contributed by atoms with E-state index in [4.69, 9.17) is 6.42 Å². The quantitative estimate of drug-likeness (QED) is 0.833. The first-order valence-electron chi connectivity index (χ1n) is 4.89. The second-order valence-electron chi connectivity index (χ2n) is 3.55. The maximum Gasteiger partial charge on any atom is 0.417 e. The van der Waals surface area contributed by atoms with E-state index in [1.54, 1.807) is 6.92 Å². The standard InChI is InChI=1S/C12H9BrF3NO/c1-3-7(2)17-11(18)8-4-5-10(13)9(6-8)12(14,15)16/h1,4-7H,2H3,(H,17,18). The first-order valence-corrected chi connectivity index (χ1v) is 5.68. The molecule has 0 aliphatic carbocycles. The Kier molecular flexibility index (Phi) is 4.41. The molecule has 1 amide bonds. The third kappa shape index (κ3) is 3.50. The van der Waals surface area contributed by atoms with Gasteiger partial charge in [-0.05, 0) is 25.1 Å². The number of hydrogen-bond donors (Lipinski definition) is 1. The highest BCUT2D eigenvalue weighted by Gasteiger charge is 2.33. The second kappa shape index (κ2) is 5.44. The molecule has 0 aromatic heterocycles. The monoisotopic (exact) mass is 319 g/mol. The molecule has 0 radical (unpaired) electrons. The summed E-state index contributed by atoms with van der Waals surface area (Å²) in [6.45, 7) is 1.56. The van der Waals surface area contributed by atoms with Crippen molar-refractivity contribution in [2.45, 2.75) is 19.1 Å². The minimum atomic E-state index is -4.52. The van der Waals surface area contributed by atoms with E-state index in [0.717, 1.165) is 6.07 Å². The lowest BCUT2D eigenvalue weighted by Crippen LogP contribution is -2.31. The molecule has 2 nitrogen and oxygen atoms in total. The van der Waals surface area contributed by atoms with Gasteiger partial charge in [0.05, 0.1) is 11.6 Å². The van der Waals surface area contributed by atoms with E-state index in [-0.39, 0.29) is 10.0 Å². The van der Waals surface area contributed by atoms with Gasteiger partial charge in [0.1, 0.15) is 0 Å². The van der Waals surface area contributed by atoms with E-state index >= 15 is 0 Å². The predicted octanol–water partition coefficient (Wildman–Crippen LogP) is 3.22. The van der Waals surface area contributed by atoms with E-state index < -0.39 is 23.7 Å². The van der Waals surface area contributed by atoms with E-state index in [2.05, 4.69) is 27.2 Å². The third-order valence-electron chi connectivity index (χ3n) is 2.13. The van der Waals surface area contributed by atoms with Gasteiger partial charge in [-0.3, -0.25) is 4.79 Å². The number of carbonyl (C=O) groups is 1. The van der Waals surface area contributed by atoms with Crippen LogP contribution in [0.15, 0.2) is 22.7 Å². The maximum absolute atomic E-state index is 12.6. The summed E-state index contributed by atoms with van der Waals surface area (Å²) in [6, 6.07) is 2.70. The fraction of sp³-hybridized carbons (Fsp3) is 0.250. The highest BCUT2D eigenvalue weighted by molar-refractivity contribution is 9.10. The predicted molar refractivity (Wildman–Crippen MR) is 64.9 cm³/mol. The van der Waals surface area contributed by atoms with Crippen molar-refractivity contribution >= 4 is 21.8 Å². The molecule has 96 valence electrons. The van der Waals surface area contributed by atoms with E-state index in [1.165, 1.54) is 12.1 Å². The topological polar surface area (TPSA) is 29.1 Å². The van der Waals surface area contributed by atoms with E-state index in [1.807, 2.05) is 0 Å². The third-order valence-corrected chi connectivity index (χ3v) is 2.82. The molecule has 1 rings (SSSR count). The molecule has 1 aromatic carbocycles. The fourth-order valence-corrected chi connectivity index (χ4v) is 1.68. The molecule has 0 bridgehead atoms. The molecular formula is C12H9BrF3NO. The molecule has 6 heteroatoms. The summed E-state index contributed by atoms with van der Waals surface area (Å²) >= 11 is 2.80. The minimum absolute atomic E-state index is 0.0902. The Balaban J connectivity index is 3.07. The van der Waals surface area contributed by atoms with Gasteiger partial charge in [0.2, 0.25) is 0 Å². The summed E-state index contributed by atoms with van der Waals surface area (Å²) in [5, 5.41) is 2.39. The van der Waals surface area contributed by atoms with Crippen molar-refractivity contribution in [1.82, 2.24) is 5.32 Å². The van der Waals surface area contributed by atoms with Crippen molar-refractivity contribution in [3.05, 3.63) is 33.8 Å². The number of benzene rings is 1. The highest BCUT2D eigenvalue weighted by atomic mass is 79.9. The Bertz CT molecular complexity index is 505. The van der Waals surface area contributed by atoms with Crippen LogP contribution in [-0.2, 0) is 6.18 Å². The van der Waals surface area contributed by atoms with Crippen LogP contribution in [0.4, 0.5) is 13.2 Å². The molecule has 0 aliphatic heterocycles. The van der Waals surface area contributed by atoms with E-state index in [9.17, 15) is 18.0 Å². The highest BCUT2D eigenvalue weighted by Crippen LogP contribution is 2.35. The zero-order valence-corrected chi connectivity index (χ0v) is 10.9. The number of alkyl halides is 3. The average molecular weight is 320 g/mol. The van der Waals surface area contributed by atoms with Crippen LogP contribution in [0, 0.1) is 12.3 Å². The molecule has 0 saturated carbocycles. The van der Waals surface area contributed by atoms with Gasteiger partial charge in [-0.15, -0.1) is 6.42 Å². The summed E-state index contributed by atoms with van der Waals surface area (Å²) in [5.41, 5.74) is -0.990. The summed E-state index contributed by atoms with van der Waals surface area (Å²) in [6.07, 6.45) is 0.548. The van der Waals surface area contributed by atoms with Gasteiger partial charge in [0.25, 0.3) is 5.91 Å². The summed E-state index contributed by atoms with van der Waals surface area (Å²) < 4.78 is 37.8. The van der Waals surface area contributed by atoms with E-state index in [0.29, 0.717) is 0 Å². The zero-order valence-electron chi connectivity index (χ0n) is 9.31. The zero-order chi connectivity index (χ0) is 13.9. The molecule has 1 unspecified atom stereocenters. The molecule has 1 atom stereocenters. The van der Waals surface area contributed by atoms with Crippen molar-refractivity contribution < 1.29 is 18.0 Å². The fourth-order valence-electron chi connectivity index (χ4n) is 1.21. The lowest BCUT2D eigenvalue weighted by atomic mass is 10.1. The number of terminal acetylenes is 1. The molecule has 0 fully saturated rings. The Labute approximate surface area is 111 Å². The summed E-state index contributed by atoms with van der Waals surface area (Å²) in [5.74, 6) is 1.62. The SMILES string of the molecule is C#CC(C)NC(=O)c1ccc(Br)c(C(F)(F)F)c1. The number of hydrogen-bond acceptors (Lipinski definition) is 1. The van der Waals surface area contributed by atoms with Gasteiger partial charge in [0, 0.05) is 10.0 Å². The lowest BCUT2D eigenvalue weighted by Gasteiger charge is -2.12. The molecule has 0 spiro atoms. The number of rotatable bonds is 2. The van der Waals surface area contributed by atoms with Crippen molar-refractivity contribution in [1.29, 1.82) is 0 Å². The molecule has 1 aromatic rings. The van der Waals surface area contributed by atoms with Crippen molar-refractivity contribution in [3.8, 4) is 12.3 Å². The van der Waals surface area contributed by atoms with Crippen LogP contribution in [0.5, 0.6) is 0 Å². The minimum Gasteiger partial charge on any atom is -0.339 e. The molecular weight excluding hydrogens is 311 g/mol. The van der Waals surface area contributed by atoms with Crippen molar-refractivity contribution in [2.75, 3.05) is 0 Å². The van der Waals surface area contributed by atoms with Gasteiger partial charge in [-0.1, -0.05) is 21.9 Å². The smallest absolute Gasteiger partial charge is 0.339 e. The van der Waals surface area contributed by atoms with Crippen LogP contribution in [0.1, 0.15) is 22.8 Å². The Hall–Kier alpha value is -1.48. The number of amides is 1. The van der Waals surface area contributed by atoms with Gasteiger partial charge in [-0.25, -0.2) is 0 Å². The molecule has 0 aliphatic rings. The number of halogens is 4. The molecule has 0 saturated heterocycles. The second-order valence-corrected chi connectivity index (χ2v) is 4.41. The summed E-state index contributed by atoms with van der Waals surface area (Å²) in [7, 11) is 0. The number of carbonyl (C=O) groups excluding carboxylic acids is 1. The van der Waals surface area contributed by atoms with Crippen LogP contribution >= 0.6 is 15.9 Å². The Morgan fingerprint density at radius 2 is 2.11 bits per heavy atom. The first kappa shape index (κ1) is 14.6. The largest absolute Gasteiger partial charge is 0.417 e. The van der Waals surface area contributed by atoms with Crippen molar-refractivity contribution in [2.24, 2.45) is 0 Å². The van der Waals surface area contributed by atoms with Crippen LogP contribution in [0.2, 0.25) is 0 Å². The molecule has 0 heterocycles. The van der Waals surface area contributed by atoms with Gasteiger partial charge in [-0.2, -0.15) is 13.2 Å². The first-order chi connectivity index (χ1) is 8.25. The maximum atomic E-state index is 12.6. The van der Waals surface area contributed by atoms with Crippen LogP contribution in [0.25, 0.3) is 0 Å². The van der Waals surface area contributed by atoms with Gasteiger partial charge >= 0.3 is 6.18 Å². The molecule has 1 N–H and O–H groups in total. The van der Waals surface area contributed by atoms with Crippen LogP contribution < -0.4 is 5.32 Å². The summed E-state index contributed by atoms with van der Waals surface area (Å²) in [4.78, 5) is 11.6. The number of nitrogens with one attached hydrogen (secondary N) is 1. The average Bonchev–Trinajstić information content (AvgIpc) is 2.27. The molecule has 18 heavy (non-hydrogen) atoms.